The fourth-order valence-electron chi connectivity index (χ4n) is 2.28. The maximum absolute atomic E-state index is 12.2. The van der Waals surface area contributed by atoms with Crippen LogP contribution in [0.2, 0.25) is 0 Å². The SMILES string of the molecule is CS(=O)(=O)CCC(N)C(=O)N1CCCC(NS(C)(=O)=O)C1. The highest BCUT2D eigenvalue weighted by atomic mass is 32.2. The summed E-state index contributed by atoms with van der Waals surface area (Å²) in [4.78, 5) is 13.7. The van der Waals surface area contributed by atoms with Gasteiger partial charge in [-0.25, -0.2) is 21.6 Å². The van der Waals surface area contributed by atoms with Gasteiger partial charge < -0.3 is 10.6 Å². The van der Waals surface area contributed by atoms with E-state index in [0.717, 1.165) is 12.5 Å². The van der Waals surface area contributed by atoms with Crippen molar-refractivity contribution in [2.24, 2.45) is 5.73 Å². The van der Waals surface area contributed by atoms with E-state index in [1.165, 1.54) is 4.90 Å². The molecule has 0 bridgehead atoms. The van der Waals surface area contributed by atoms with Gasteiger partial charge in [0.25, 0.3) is 0 Å². The molecule has 10 heteroatoms. The minimum atomic E-state index is -3.32. The molecule has 1 aliphatic rings. The van der Waals surface area contributed by atoms with Crippen molar-refractivity contribution in [2.75, 3.05) is 31.4 Å². The first-order chi connectivity index (χ1) is 9.48. The Bertz CT molecular complexity index is 573. The number of rotatable bonds is 6. The van der Waals surface area contributed by atoms with Gasteiger partial charge in [0.15, 0.2) is 0 Å². The van der Waals surface area contributed by atoms with Crippen molar-refractivity contribution >= 4 is 25.8 Å². The lowest BCUT2D eigenvalue weighted by Gasteiger charge is -2.34. The molecule has 8 nitrogen and oxygen atoms in total. The molecule has 1 amide bonds. The zero-order chi connectivity index (χ0) is 16.3. The lowest BCUT2D eigenvalue weighted by atomic mass is 10.1. The number of hydrogen-bond acceptors (Lipinski definition) is 6. The van der Waals surface area contributed by atoms with Crippen LogP contribution in [0.15, 0.2) is 0 Å². The molecular weight excluding hydrogens is 318 g/mol. The molecule has 1 saturated heterocycles. The molecule has 21 heavy (non-hydrogen) atoms. The number of carbonyl (C=O) groups is 1. The molecule has 1 heterocycles. The Morgan fingerprint density at radius 2 is 1.95 bits per heavy atom. The molecule has 3 N–H and O–H groups in total. The monoisotopic (exact) mass is 341 g/mol. The Hall–Kier alpha value is -0.710. The molecule has 0 radical (unpaired) electrons. The summed E-state index contributed by atoms with van der Waals surface area (Å²) in [5.41, 5.74) is 5.73. The van der Waals surface area contributed by atoms with E-state index in [0.29, 0.717) is 19.4 Å². The predicted octanol–water partition coefficient (Wildman–Crippen LogP) is -1.71. The van der Waals surface area contributed by atoms with Crippen LogP contribution < -0.4 is 10.5 Å². The summed E-state index contributed by atoms with van der Waals surface area (Å²) in [5.74, 6) is -0.475. The van der Waals surface area contributed by atoms with Gasteiger partial charge in [0.1, 0.15) is 9.84 Å². The summed E-state index contributed by atoms with van der Waals surface area (Å²) in [5, 5.41) is 0. The maximum Gasteiger partial charge on any atom is 0.239 e. The topological polar surface area (TPSA) is 127 Å². The average Bonchev–Trinajstić information content (AvgIpc) is 2.32. The quantitative estimate of drug-likeness (QED) is 0.592. The molecule has 0 aliphatic carbocycles. The van der Waals surface area contributed by atoms with E-state index >= 15 is 0 Å². The molecule has 2 atom stereocenters. The Labute approximate surface area is 126 Å². The summed E-state index contributed by atoms with van der Waals surface area (Å²) < 4.78 is 47.1. The normalized spacial score (nSPS) is 22.0. The first kappa shape index (κ1) is 18.3. The summed E-state index contributed by atoms with van der Waals surface area (Å²) in [7, 11) is -6.48. The van der Waals surface area contributed by atoms with Gasteiger partial charge in [-0.1, -0.05) is 0 Å². The molecule has 1 aliphatic heterocycles. The molecule has 1 fully saturated rings. The summed E-state index contributed by atoms with van der Waals surface area (Å²) in [6.45, 7) is 0.770. The average molecular weight is 341 g/mol. The first-order valence-electron chi connectivity index (χ1n) is 6.67. The number of hydrogen-bond donors (Lipinski definition) is 2. The lowest BCUT2D eigenvalue weighted by molar-refractivity contribution is -0.133. The fourth-order valence-corrected chi connectivity index (χ4v) is 3.76. The van der Waals surface area contributed by atoms with Gasteiger partial charge in [-0.05, 0) is 19.3 Å². The van der Waals surface area contributed by atoms with Gasteiger partial charge in [-0.3, -0.25) is 4.79 Å². The number of carbonyl (C=O) groups excluding carboxylic acids is 1. The first-order valence-corrected chi connectivity index (χ1v) is 10.6. The van der Waals surface area contributed by atoms with Gasteiger partial charge in [0.05, 0.1) is 18.1 Å². The van der Waals surface area contributed by atoms with Crippen LogP contribution in [-0.4, -0.2) is 71.1 Å². The largest absolute Gasteiger partial charge is 0.340 e. The number of piperidine rings is 1. The Morgan fingerprint density at radius 1 is 1.33 bits per heavy atom. The van der Waals surface area contributed by atoms with E-state index in [1.54, 1.807) is 0 Å². The highest BCUT2D eigenvalue weighted by Gasteiger charge is 2.28. The molecule has 0 aromatic heterocycles. The molecular formula is C11H23N3O5S2. The third-order valence-electron chi connectivity index (χ3n) is 3.23. The van der Waals surface area contributed by atoms with Crippen molar-refractivity contribution in [1.29, 1.82) is 0 Å². The Morgan fingerprint density at radius 3 is 2.48 bits per heavy atom. The second-order valence-electron chi connectivity index (χ2n) is 5.54. The third kappa shape index (κ3) is 7.21. The van der Waals surface area contributed by atoms with E-state index in [9.17, 15) is 21.6 Å². The third-order valence-corrected chi connectivity index (χ3v) is 4.97. The number of sulfone groups is 1. The van der Waals surface area contributed by atoms with E-state index in [-0.39, 0.29) is 30.7 Å². The van der Waals surface area contributed by atoms with Crippen LogP contribution in [-0.2, 0) is 24.7 Å². The van der Waals surface area contributed by atoms with Crippen molar-refractivity contribution in [3.63, 3.8) is 0 Å². The van der Waals surface area contributed by atoms with Crippen LogP contribution in [0, 0.1) is 0 Å². The van der Waals surface area contributed by atoms with E-state index in [1.807, 2.05) is 0 Å². The molecule has 0 saturated carbocycles. The van der Waals surface area contributed by atoms with Crippen LogP contribution in [0.5, 0.6) is 0 Å². The summed E-state index contributed by atoms with van der Waals surface area (Å²) in [6.07, 6.45) is 3.58. The van der Waals surface area contributed by atoms with E-state index in [2.05, 4.69) is 4.72 Å². The Balaban J connectivity index is 2.57. The lowest BCUT2D eigenvalue weighted by Crippen LogP contribution is -2.53. The van der Waals surface area contributed by atoms with Crippen LogP contribution in [0.4, 0.5) is 0 Å². The summed E-state index contributed by atoms with van der Waals surface area (Å²) in [6, 6.07) is -1.20. The molecule has 0 aromatic rings. The van der Waals surface area contributed by atoms with Crippen LogP contribution in [0.3, 0.4) is 0 Å². The van der Waals surface area contributed by atoms with Crippen LogP contribution in [0.1, 0.15) is 19.3 Å². The van der Waals surface area contributed by atoms with Gasteiger partial charge in [0.2, 0.25) is 15.9 Å². The van der Waals surface area contributed by atoms with Crippen molar-refractivity contribution in [2.45, 2.75) is 31.3 Å². The number of amides is 1. The second-order valence-corrected chi connectivity index (χ2v) is 9.58. The minimum absolute atomic E-state index is 0.0678. The number of nitrogens with one attached hydrogen (secondary N) is 1. The summed E-state index contributed by atoms with van der Waals surface area (Å²) >= 11 is 0. The minimum Gasteiger partial charge on any atom is -0.340 e. The van der Waals surface area contributed by atoms with E-state index < -0.39 is 25.9 Å². The molecule has 124 valence electrons. The van der Waals surface area contributed by atoms with Gasteiger partial charge in [0, 0.05) is 25.4 Å². The number of sulfonamides is 1. The van der Waals surface area contributed by atoms with Crippen LogP contribution >= 0.6 is 0 Å². The zero-order valence-electron chi connectivity index (χ0n) is 12.3. The standard InChI is InChI=1S/C11H23N3O5S2/c1-20(16,17)7-5-10(12)11(15)14-6-3-4-9(8-14)13-21(2,18)19/h9-10,13H,3-8,12H2,1-2H3. The van der Waals surface area contributed by atoms with Gasteiger partial charge in [-0.15, -0.1) is 0 Å². The van der Waals surface area contributed by atoms with Crippen molar-refractivity contribution in [3.8, 4) is 0 Å². The predicted molar refractivity (Wildman–Crippen MR) is 79.9 cm³/mol. The smallest absolute Gasteiger partial charge is 0.239 e. The fraction of sp³-hybridized carbons (Fsp3) is 0.909. The highest BCUT2D eigenvalue weighted by Crippen LogP contribution is 2.12. The van der Waals surface area contributed by atoms with Gasteiger partial charge in [-0.2, -0.15) is 0 Å². The Kier molecular flexibility index (Phi) is 6.14. The highest BCUT2D eigenvalue weighted by molar-refractivity contribution is 7.90. The van der Waals surface area contributed by atoms with Crippen molar-refractivity contribution in [1.82, 2.24) is 9.62 Å². The van der Waals surface area contributed by atoms with Crippen LogP contribution in [0.25, 0.3) is 0 Å². The van der Waals surface area contributed by atoms with Gasteiger partial charge >= 0.3 is 0 Å². The molecule has 0 spiro atoms. The number of likely N-dealkylation sites (tertiary alicyclic amines) is 1. The number of nitrogens with two attached hydrogens (primary N) is 1. The second kappa shape index (κ2) is 7.03. The zero-order valence-corrected chi connectivity index (χ0v) is 13.9. The maximum atomic E-state index is 12.2. The van der Waals surface area contributed by atoms with Crippen molar-refractivity contribution in [3.05, 3.63) is 0 Å². The number of nitrogens with zero attached hydrogens (tertiary/aromatic N) is 1. The van der Waals surface area contributed by atoms with Crippen molar-refractivity contribution < 1.29 is 21.6 Å². The molecule has 1 rings (SSSR count). The molecule has 2 unspecified atom stereocenters. The molecule has 0 aromatic carbocycles. The van der Waals surface area contributed by atoms with E-state index in [4.69, 9.17) is 5.73 Å².